The van der Waals surface area contributed by atoms with Crippen molar-refractivity contribution in [3.05, 3.63) is 84.2 Å². The van der Waals surface area contributed by atoms with Crippen molar-refractivity contribution < 1.29 is 9.59 Å². The number of anilines is 2. The number of carbonyl (C=O) groups excluding carboxylic acids is 2. The van der Waals surface area contributed by atoms with Gasteiger partial charge in [-0.3, -0.25) is 24.0 Å². The highest BCUT2D eigenvalue weighted by molar-refractivity contribution is 6.05. The van der Waals surface area contributed by atoms with Crippen LogP contribution in [0.4, 0.5) is 11.6 Å². The van der Waals surface area contributed by atoms with E-state index in [-0.39, 0.29) is 18.2 Å². The number of imidazole rings is 1. The summed E-state index contributed by atoms with van der Waals surface area (Å²) in [7, 11) is 0. The SMILES string of the molecule is CC(C)c1ccc(NC(=O)C[C@H]2C(=O)N(Cc3cccnc3)c3nc4ccccc4n32)cc1. The smallest absolute Gasteiger partial charge is 0.253 e. The highest BCUT2D eigenvalue weighted by Gasteiger charge is 2.40. The molecule has 4 aromatic rings. The Balaban J connectivity index is 1.42. The van der Waals surface area contributed by atoms with Crippen LogP contribution in [0.1, 0.15) is 43.4 Å². The molecule has 2 amide bonds. The molecular weight excluding hydrogens is 414 g/mol. The standard InChI is InChI=1S/C26H25N5O2/c1-17(2)19-9-11-20(12-10-19)28-24(32)14-23-25(33)30(16-18-6-5-13-27-15-18)26-29-21-7-3-4-8-22(21)31(23)26/h3-13,15,17,23H,14,16H2,1-2H3,(H,28,32)/t23-/m0/s1. The normalized spacial score (nSPS) is 15.3. The Morgan fingerprint density at radius 3 is 2.58 bits per heavy atom. The lowest BCUT2D eigenvalue weighted by Crippen LogP contribution is -2.31. The average Bonchev–Trinajstić information content (AvgIpc) is 3.31. The summed E-state index contributed by atoms with van der Waals surface area (Å²) < 4.78 is 1.88. The predicted molar refractivity (Wildman–Crippen MR) is 128 cm³/mol. The van der Waals surface area contributed by atoms with E-state index >= 15 is 0 Å². The number of carbonyl (C=O) groups is 2. The van der Waals surface area contributed by atoms with E-state index in [0.717, 1.165) is 22.3 Å². The number of amides is 2. The Hall–Kier alpha value is -4.00. The number of para-hydroxylation sites is 2. The summed E-state index contributed by atoms with van der Waals surface area (Å²) in [5.41, 5.74) is 4.47. The number of hydrogen-bond donors (Lipinski definition) is 1. The first-order valence-corrected chi connectivity index (χ1v) is 11.1. The molecule has 0 spiro atoms. The molecule has 1 aliphatic heterocycles. The molecule has 1 N–H and O–H groups in total. The number of benzene rings is 2. The second-order valence-electron chi connectivity index (χ2n) is 8.60. The first-order valence-electron chi connectivity index (χ1n) is 11.1. The number of nitrogens with one attached hydrogen (secondary N) is 1. The van der Waals surface area contributed by atoms with Crippen molar-refractivity contribution in [1.82, 2.24) is 14.5 Å². The number of rotatable bonds is 6. The van der Waals surface area contributed by atoms with Gasteiger partial charge in [-0.15, -0.1) is 0 Å². The summed E-state index contributed by atoms with van der Waals surface area (Å²) in [5.74, 6) is 0.628. The quantitative estimate of drug-likeness (QED) is 0.473. The zero-order valence-corrected chi connectivity index (χ0v) is 18.6. The van der Waals surface area contributed by atoms with E-state index in [1.54, 1.807) is 17.3 Å². The summed E-state index contributed by atoms with van der Waals surface area (Å²) in [6, 6.07) is 18.6. The van der Waals surface area contributed by atoms with Gasteiger partial charge in [-0.1, -0.05) is 44.2 Å². The van der Waals surface area contributed by atoms with Gasteiger partial charge >= 0.3 is 0 Å². The van der Waals surface area contributed by atoms with Crippen LogP contribution in [0, 0.1) is 0 Å². The fraction of sp³-hybridized carbons (Fsp3) is 0.231. The number of aromatic nitrogens is 3. The first-order chi connectivity index (χ1) is 16.0. The van der Waals surface area contributed by atoms with Gasteiger partial charge in [0.05, 0.1) is 24.0 Å². The van der Waals surface area contributed by atoms with Crippen molar-refractivity contribution in [2.75, 3.05) is 10.2 Å². The molecule has 0 saturated heterocycles. The van der Waals surface area contributed by atoms with Gasteiger partial charge in [0.2, 0.25) is 11.9 Å². The van der Waals surface area contributed by atoms with Crippen molar-refractivity contribution in [3.8, 4) is 0 Å². The van der Waals surface area contributed by atoms with Gasteiger partial charge in [0.1, 0.15) is 6.04 Å². The lowest BCUT2D eigenvalue weighted by molar-refractivity contribution is -0.124. The minimum Gasteiger partial charge on any atom is -0.326 e. The third-order valence-corrected chi connectivity index (χ3v) is 5.98. The van der Waals surface area contributed by atoms with Gasteiger partial charge < -0.3 is 5.32 Å². The second-order valence-corrected chi connectivity index (χ2v) is 8.60. The Morgan fingerprint density at radius 2 is 1.85 bits per heavy atom. The molecule has 1 aliphatic rings. The second kappa shape index (κ2) is 8.50. The van der Waals surface area contributed by atoms with Crippen LogP contribution < -0.4 is 10.2 Å². The fourth-order valence-electron chi connectivity index (χ4n) is 4.26. The van der Waals surface area contributed by atoms with E-state index in [0.29, 0.717) is 18.4 Å². The molecule has 7 nitrogen and oxygen atoms in total. The van der Waals surface area contributed by atoms with Gasteiger partial charge in [0, 0.05) is 18.1 Å². The van der Waals surface area contributed by atoms with E-state index in [9.17, 15) is 9.59 Å². The maximum absolute atomic E-state index is 13.4. The van der Waals surface area contributed by atoms with E-state index in [2.05, 4.69) is 24.1 Å². The number of fused-ring (bicyclic) bond motifs is 3. The number of nitrogens with zero attached hydrogens (tertiary/aromatic N) is 4. The zero-order chi connectivity index (χ0) is 22.9. The summed E-state index contributed by atoms with van der Waals surface area (Å²) in [4.78, 5) is 36.9. The van der Waals surface area contributed by atoms with E-state index in [4.69, 9.17) is 4.98 Å². The molecule has 0 aliphatic carbocycles. The van der Waals surface area contributed by atoms with Crippen LogP contribution in [0.3, 0.4) is 0 Å². The molecule has 0 fully saturated rings. The van der Waals surface area contributed by atoms with E-state index < -0.39 is 6.04 Å². The highest BCUT2D eigenvalue weighted by Crippen LogP contribution is 2.37. The molecule has 2 aromatic carbocycles. The molecule has 166 valence electrons. The lowest BCUT2D eigenvalue weighted by atomic mass is 10.0. The average molecular weight is 440 g/mol. The van der Waals surface area contributed by atoms with Crippen LogP contribution in [0.15, 0.2) is 73.1 Å². The maximum atomic E-state index is 13.4. The minimum absolute atomic E-state index is 0.0294. The van der Waals surface area contributed by atoms with Gasteiger partial charge in [-0.25, -0.2) is 4.98 Å². The molecular formula is C26H25N5O2. The Kier molecular flexibility index (Phi) is 5.38. The predicted octanol–water partition coefficient (Wildman–Crippen LogP) is 4.67. The highest BCUT2D eigenvalue weighted by atomic mass is 16.2. The molecule has 3 heterocycles. The number of hydrogen-bond acceptors (Lipinski definition) is 4. The van der Waals surface area contributed by atoms with Gasteiger partial charge in [0.15, 0.2) is 0 Å². The monoisotopic (exact) mass is 439 g/mol. The lowest BCUT2D eigenvalue weighted by Gasteiger charge is -2.16. The van der Waals surface area contributed by atoms with Crippen molar-refractivity contribution in [2.24, 2.45) is 0 Å². The molecule has 0 bridgehead atoms. The summed E-state index contributed by atoms with van der Waals surface area (Å²) in [5, 5.41) is 2.94. The largest absolute Gasteiger partial charge is 0.326 e. The van der Waals surface area contributed by atoms with Gasteiger partial charge in [0.25, 0.3) is 5.91 Å². The maximum Gasteiger partial charge on any atom is 0.253 e. The van der Waals surface area contributed by atoms with E-state index in [1.807, 2.05) is 65.2 Å². The molecule has 7 heteroatoms. The Labute approximate surface area is 192 Å². The van der Waals surface area contributed by atoms with Crippen molar-refractivity contribution >= 4 is 34.5 Å². The van der Waals surface area contributed by atoms with Crippen LogP contribution in [0.5, 0.6) is 0 Å². The molecule has 5 rings (SSSR count). The topological polar surface area (TPSA) is 80.1 Å². The van der Waals surface area contributed by atoms with Gasteiger partial charge in [-0.2, -0.15) is 0 Å². The van der Waals surface area contributed by atoms with Crippen LogP contribution in [0.25, 0.3) is 11.0 Å². The molecule has 0 saturated carbocycles. The zero-order valence-electron chi connectivity index (χ0n) is 18.6. The Bertz CT molecular complexity index is 1310. The fourth-order valence-corrected chi connectivity index (χ4v) is 4.26. The van der Waals surface area contributed by atoms with Crippen LogP contribution in [-0.2, 0) is 16.1 Å². The first kappa shape index (κ1) is 20.9. The molecule has 0 unspecified atom stereocenters. The Morgan fingerprint density at radius 1 is 1.06 bits per heavy atom. The third-order valence-electron chi connectivity index (χ3n) is 5.98. The molecule has 33 heavy (non-hydrogen) atoms. The van der Waals surface area contributed by atoms with Crippen molar-refractivity contribution in [2.45, 2.75) is 38.8 Å². The van der Waals surface area contributed by atoms with Crippen LogP contribution >= 0.6 is 0 Å². The van der Waals surface area contributed by atoms with Crippen LogP contribution in [-0.4, -0.2) is 26.3 Å². The van der Waals surface area contributed by atoms with Crippen LogP contribution in [0.2, 0.25) is 0 Å². The minimum atomic E-state index is -0.654. The van der Waals surface area contributed by atoms with Crippen molar-refractivity contribution in [3.63, 3.8) is 0 Å². The summed E-state index contributed by atoms with van der Waals surface area (Å²) in [6.07, 6.45) is 3.47. The molecule has 2 aromatic heterocycles. The molecule has 1 atom stereocenters. The van der Waals surface area contributed by atoms with E-state index in [1.165, 1.54) is 5.56 Å². The van der Waals surface area contributed by atoms with Crippen molar-refractivity contribution in [1.29, 1.82) is 0 Å². The summed E-state index contributed by atoms with van der Waals surface area (Å²) >= 11 is 0. The molecule has 0 radical (unpaired) electrons. The summed E-state index contributed by atoms with van der Waals surface area (Å²) in [6.45, 7) is 4.61. The third kappa shape index (κ3) is 3.98. The van der Waals surface area contributed by atoms with Gasteiger partial charge in [-0.05, 0) is 47.4 Å². The number of pyridine rings is 1.